The topological polar surface area (TPSA) is 62.7 Å². The van der Waals surface area contributed by atoms with Crippen LogP contribution >= 0.6 is 0 Å². The number of aromatic nitrogens is 3. The van der Waals surface area contributed by atoms with E-state index in [4.69, 9.17) is 0 Å². The molecule has 20 heavy (non-hydrogen) atoms. The molecule has 0 radical (unpaired) electrons. The number of carbonyl (C=O) groups is 1. The van der Waals surface area contributed by atoms with E-state index in [1.165, 1.54) is 0 Å². The number of benzene rings is 1. The van der Waals surface area contributed by atoms with Crippen molar-refractivity contribution in [2.45, 2.75) is 13.0 Å². The Morgan fingerprint density at radius 2 is 2.25 bits per heavy atom. The third-order valence-electron chi connectivity index (χ3n) is 3.27. The quantitative estimate of drug-likeness (QED) is 0.757. The molecule has 0 bridgehead atoms. The largest absolute Gasteiger partial charge is 0.361 e. The molecule has 2 aromatic heterocycles. The van der Waals surface area contributed by atoms with Gasteiger partial charge in [0.25, 0.3) is 0 Å². The van der Waals surface area contributed by atoms with Gasteiger partial charge in [0.2, 0.25) is 5.91 Å². The maximum absolute atomic E-state index is 12.0. The number of hydrogen-bond donors (Lipinski definition) is 2. The molecule has 0 atom stereocenters. The minimum absolute atomic E-state index is 0.0126. The minimum atomic E-state index is 0.0126. The highest BCUT2D eigenvalue weighted by Crippen LogP contribution is 2.17. The van der Waals surface area contributed by atoms with Gasteiger partial charge in [-0.15, -0.1) is 0 Å². The van der Waals surface area contributed by atoms with Gasteiger partial charge in [-0.2, -0.15) is 5.10 Å². The average Bonchev–Trinajstić information content (AvgIpc) is 3.04. The fourth-order valence-electron chi connectivity index (χ4n) is 2.28. The minimum Gasteiger partial charge on any atom is -0.361 e. The molecule has 0 fully saturated rings. The molecule has 2 heterocycles. The third-order valence-corrected chi connectivity index (χ3v) is 3.27. The van der Waals surface area contributed by atoms with Crippen LogP contribution in [-0.4, -0.2) is 20.7 Å². The van der Waals surface area contributed by atoms with Gasteiger partial charge in [-0.1, -0.05) is 18.2 Å². The van der Waals surface area contributed by atoms with Crippen molar-refractivity contribution in [2.24, 2.45) is 7.05 Å². The smallest absolute Gasteiger partial charge is 0.224 e. The zero-order valence-electron chi connectivity index (χ0n) is 11.3. The zero-order valence-corrected chi connectivity index (χ0v) is 11.3. The van der Waals surface area contributed by atoms with Gasteiger partial charge in [-0.25, -0.2) is 0 Å². The van der Waals surface area contributed by atoms with E-state index in [1.54, 1.807) is 10.9 Å². The first-order valence-electron chi connectivity index (χ1n) is 6.51. The third kappa shape index (κ3) is 2.56. The van der Waals surface area contributed by atoms with Gasteiger partial charge < -0.3 is 10.3 Å². The average molecular weight is 268 g/mol. The number of amides is 1. The van der Waals surface area contributed by atoms with Crippen LogP contribution < -0.4 is 5.32 Å². The van der Waals surface area contributed by atoms with E-state index in [9.17, 15) is 4.79 Å². The summed E-state index contributed by atoms with van der Waals surface area (Å²) in [6.07, 6.45) is 5.93. The van der Waals surface area contributed by atoms with Gasteiger partial charge in [-0.05, 0) is 11.6 Å². The van der Waals surface area contributed by atoms with Crippen LogP contribution in [0.3, 0.4) is 0 Å². The normalized spacial score (nSPS) is 10.8. The number of para-hydroxylation sites is 1. The summed E-state index contributed by atoms with van der Waals surface area (Å²) < 4.78 is 1.72. The van der Waals surface area contributed by atoms with Crippen molar-refractivity contribution in [3.63, 3.8) is 0 Å². The lowest BCUT2D eigenvalue weighted by molar-refractivity contribution is -0.120. The van der Waals surface area contributed by atoms with Crippen molar-refractivity contribution in [1.82, 2.24) is 20.1 Å². The maximum atomic E-state index is 12.0. The Morgan fingerprint density at radius 3 is 3.05 bits per heavy atom. The summed E-state index contributed by atoms with van der Waals surface area (Å²) in [5.41, 5.74) is 3.08. The molecule has 1 aromatic carbocycles. The number of rotatable bonds is 4. The number of aryl methyl sites for hydroxylation is 1. The monoisotopic (exact) mass is 268 g/mol. The summed E-state index contributed by atoms with van der Waals surface area (Å²) in [6.45, 7) is 0.509. The molecule has 3 rings (SSSR count). The van der Waals surface area contributed by atoms with Crippen molar-refractivity contribution < 1.29 is 4.79 Å². The van der Waals surface area contributed by atoms with Crippen LogP contribution in [0, 0.1) is 0 Å². The van der Waals surface area contributed by atoms with Gasteiger partial charge in [0.15, 0.2) is 0 Å². The highest BCUT2D eigenvalue weighted by molar-refractivity contribution is 5.88. The molecule has 102 valence electrons. The number of carbonyl (C=O) groups excluding carboxylic acids is 1. The summed E-state index contributed by atoms with van der Waals surface area (Å²) >= 11 is 0. The number of hydrogen-bond acceptors (Lipinski definition) is 2. The predicted molar refractivity (Wildman–Crippen MR) is 77.1 cm³/mol. The van der Waals surface area contributed by atoms with E-state index in [2.05, 4.69) is 15.4 Å². The van der Waals surface area contributed by atoms with Gasteiger partial charge in [0.1, 0.15) is 0 Å². The lowest BCUT2D eigenvalue weighted by Crippen LogP contribution is -2.24. The van der Waals surface area contributed by atoms with Crippen molar-refractivity contribution in [3.05, 3.63) is 54.0 Å². The molecule has 0 aliphatic rings. The molecule has 5 heteroatoms. The van der Waals surface area contributed by atoms with Crippen LogP contribution in [0.2, 0.25) is 0 Å². The molecule has 0 saturated heterocycles. The van der Waals surface area contributed by atoms with Crippen LogP contribution in [0.15, 0.2) is 42.9 Å². The number of nitrogens with one attached hydrogen (secondary N) is 2. The van der Waals surface area contributed by atoms with E-state index >= 15 is 0 Å². The molecule has 1 amide bonds. The number of fused-ring (bicyclic) bond motifs is 1. The van der Waals surface area contributed by atoms with Crippen LogP contribution in [0.1, 0.15) is 11.1 Å². The Balaban J connectivity index is 1.64. The Morgan fingerprint density at radius 1 is 1.40 bits per heavy atom. The SMILES string of the molecule is Cn1cc(CNC(=O)Cc2c[nH]c3ccccc23)cn1. The first kappa shape index (κ1) is 12.5. The summed E-state index contributed by atoms with van der Waals surface area (Å²) in [7, 11) is 1.86. The Hall–Kier alpha value is -2.56. The maximum Gasteiger partial charge on any atom is 0.224 e. The lowest BCUT2D eigenvalue weighted by Gasteiger charge is -2.03. The van der Waals surface area contributed by atoms with Crippen molar-refractivity contribution in [2.75, 3.05) is 0 Å². The standard InChI is InChI=1S/C15H16N4O/c1-19-10-11(8-18-19)7-17-15(20)6-12-9-16-14-5-3-2-4-13(12)14/h2-5,8-10,16H,6-7H2,1H3,(H,17,20). The highest BCUT2D eigenvalue weighted by Gasteiger charge is 2.08. The first-order chi connectivity index (χ1) is 9.72. The molecule has 0 aliphatic carbocycles. The van der Waals surface area contributed by atoms with Gasteiger partial charge in [-0.3, -0.25) is 9.48 Å². The second-order valence-electron chi connectivity index (χ2n) is 4.84. The fraction of sp³-hybridized carbons (Fsp3) is 0.200. The number of aromatic amines is 1. The zero-order chi connectivity index (χ0) is 13.9. The fourth-order valence-corrected chi connectivity index (χ4v) is 2.28. The van der Waals surface area contributed by atoms with E-state index in [0.717, 1.165) is 22.0 Å². The summed E-state index contributed by atoms with van der Waals surface area (Å²) in [4.78, 5) is 15.2. The van der Waals surface area contributed by atoms with Crippen LogP contribution in [0.5, 0.6) is 0 Å². The summed E-state index contributed by atoms with van der Waals surface area (Å²) in [6, 6.07) is 7.99. The second-order valence-corrected chi connectivity index (χ2v) is 4.84. The Kier molecular flexibility index (Phi) is 3.25. The second kappa shape index (κ2) is 5.21. The van der Waals surface area contributed by atoms with Crippen LogP contribution in [0.4, 0.5) is 0 Å². The molecular formula is C15H16N4O. The predicted octanol–water partition coefficient (Wildman–Crippen LogP) is 1.76. The van der Waals surface area contributed by atoms with Crippen LogP contribution in [0.25, 0.3) is 10.9 Å². The Labute approximate surface area is 116 Å². The van der Waals surface area contributed by atoms with E-state index < -0.39 is 0 Å². The van der Waals surface area contributed by atoms with Gasteiger partial charge in [0.05, 0.1) is 12.6 Å². The Bertz CT molecular complexity index is 741. The highest BCUT2D eigenvalue weighted by atomic mass is 16.1. The number of nitrogens with zero attached hydrogens (tertiary/aromatic N) is 2. The van der Waals surface area contributed by atoms with Crippen LogP contribution in [-0.2, 0) is 24.8 Å². The first-order valence-corrected chi connectivity index (χ1v) is 6.51. The van der Waals surface area contributed by atoms with E-state index in [0.29, 0.717) is 13.0 Å². The number of H-pyrrole nitrogens is 1. The molecule has 3 aromatic rings. The molecule has 2 N–H and O–H groups in total. The van der Waals surface area contributed by atoms with Gasteiger partial charge >= 0.3 is 0 Å². The molecule has 0 saturated carbocycles. The van der Waals surface area contributed by atoms with Crippen molar-refractivity contribution in [1.29, 1.82) is 0 Å². The van der Waals surface area contributed by atoms with E-state index in [1.807, 2.05) is 43.7 Å². The van der Waals surface area contributed by atoms with Crippen molar-refractivity contribution in [3.8, 4) is 0 Å². The molecule has 0 aliphatic heterocycles. The summed E-state index contributed by atoms with van der Waals surface area (Å²) in [5, 5.41) is 8.08. The molecule has 5 nitrogen and oxygen atoms in total. The molecular weight excluding hydrogens is 252 g/mol. The lowest BCUT2D eigenvalue weighted by atomic mass is 10.1. The molecule has 0 spiro atoms. The van der Waals surface area contributed by atoms with Gasteiger partial charge in [0, 0.05) is 42.5 Å². The molecule has 0 unspecified atom stereocenters. The van der Waals surface area contributed by atoms with E-state index in [-0.39, 0.29) is 5.91 Å². The van der Waals surface area contributed by atoms with Crippen molar-refractivity contribution >= 4 is 16.8 Å². The summed E-state index contributed by atoms with van der Waals surface area (Å²) in [5.74, 6) is 0.0126.